The van der Waals surface area contributed by atoms with Crippen LogP contribution in [0.25, 0.3) is 0 Å². The molecule has 9 nitrogen and oxygen atoms in total. The Hall–Kier alpha value is -3.71. The number of rotatable bonds is 7. The maximum absolute atomic E-state index is 12.3. The SMILES string of the molecule is C.C[C@@H](O)[C@H](NC(=O)c1ccc(C#Cc2cccc(CNC(=O)CN)c2)cc1)C(=O)NO. The van der Waals surface area contributed by atoms with Crippen LogP contribution >= 0.6 is 0 Å². The first-order valence-electron chi connectivity index (χ1n) is 9.44. The summed E-state index contributed by atoms with van der Waals surface area (Å²) in [6, 6.07) is 12.5. The lowest BCUT2D eigenvalue weighted by Crippen LogP contribution is -2.51. The number of hydrogen-bond donors (Lipinski definition) is 6. The molecule has 32 heavy (non-hydrogen) atoms. The van der Waals surface area contributed by atoms with E-state index < -0.39 is 24.0 Å². The first-order chi connectivity index (χ1) is 14.8. The fourth-order valence-electron chi connectivity index (χ4n) is 2.58. The van der Waals surface area contributed by atoms with Gasteiger partial charge in [-0.05, 0) is 48.9 Å². The number of hydroxylamine groups is 1. The fraction of sp³-hybridized carbons (Fsp3) is 0.261. The summed E-state index contributed by atoms with van der Waals surface area (Å²) in [6.07, 6.45) is -1.19. The van der Waals surface area contributed by atoms with Gasteiger partial charge in [-0.2, -0.15) is 0 Å². The fourth-order valence-corrected chi connectivity index (χ4v) is 2.58. The molecule has 0 bridgehead atoms. The van der Waals surface area contributed by atoms with E-state index in [1.807, 2.05) is 24.3 Å². The average molecular weight is 441 g/mol. The Kier molecular flexibility index (Phi) is 10.6. The highest BCUT2D eigenvalue weighted by Gasteiger charge is 2.25. The molecule has 9 heteroatoms. The summed E-state index contributed by atoms with van der Waals surface area (Å²) in [5.74, 6) is 4.27. The van der Waals surface area contributed by atoms with Crippen LogP contribution in [-0.2, 0) is 16.1 Å². The van der Waals surface area contributed by atoms with E-state index in [0.717, 1.165) is 11.1 Å². The highest BCUT2D eigenvalue weighted by Crippen LogP contribution is 2.07. The van der Waals surface area contributed by atoms with Crippen LogP contribution in [0.15, 0.2) is 48.5 Å². The van der Waals surface area contributed by atoms with Crippen molar-refractivity contribution in [1.82, 2.24) is 16.1 Å². The molecule has 0 aliphatic heterocycles. The highest BCUT2D eigenvalue weighted by molar-refractivity contribution is 5.97. The molecule has 0 radical (unpaired) electrons. The van der Waals surface area contributed by atoms with E-state index in [4.69, 9.17) is 10.9 Å². The molecule has 0 unspecified atom stereocenters. The zero-order valence-corrected chi connectivity index (χ0v) is 16.9. The van der Waals surface area contributed by atoms with Crippen molar-refractivity contribution in [3.63, 3.8) is 0 Å². The van der Waals surface area contributed by atoms with Gasteiger partial charge >= 0.3 is 0 Å². The van der Waals surface area contributed by atoms with Crippen LogP contribution in [0, 0.1) is 11.8 Å². The molecule has 2 rings (SSSR count). The van der Waals surface area contributed by atoms with E-state index in [1.165, 1.54) is 24.5 Å². The largest absolute Gasteiger partial charge is 0.391 e. The van der Waals surface area contributed by atoms with Crippen molar-refractivity contribution in [2.75, 3.05) is 6.54 Å². The summed E-state index contributed by atoms with van der Waals surface area (Å²) in [6.45, 7) is 1.61. The number of carbonyl (C=O) groups is 3. The Balaban J connectivity index is 0.00000512. The molecule has 0 spiro atoms. The van der Waals surface area contributed by atoms with E-state index in [-0.39, 0.29) is 25.4 Å². The second-order valence-electron chi connectivity index (χ2n) is 6.68. The van der Waals surface area contributed by atoms with Gasteiger partial charge in [0.15, 0.2) is 0 Å². The number of aliphatic hydroxyl groups excluding tert-OH is 1. The monoisotopic (exact) mass is 440 g/mol. The third-order valence-electron chi connectivity index (χ3n) is 4.26. The molecule has 0 aliphatic rings. The van der Waals surface area contributed by atoms with Crippen molar-refractivity contribution >= 4 is 17.7 Å². The normalized spacial score (nSPS) is 11.6. The smallest absolute Gasteiger partial charge is 0.268 e. The van der Waals surface area contributed by atoms with Crippen LogP contribution in [0.2, 0.25) is 0 Å². The van der Waals surface area contributed by atoms with Gasteiger partial charge in [-0.25, -0.2) is 5.48 Å². The molecule has 2 aromatic carbocycles. The van der Waals surface area contributed by atoms with Crippen LogP contribution in [0.3, 0.4) is 0 Å². The standard InChI is InChI=1S/C22H24N4O5.CH4/c1-14(27)20(22(30)26-31)25-21(29)18-9-7-15(8-10-18)5-6-16-3-2-4-17(11-16)13-24-19(28)12-23;/h2-4,7-11,14,20,27,31H,12-13,23H2,1H3,(H,24,28)(H,25,29)(H,26,30);1H4/t14-,20+;/m1./s1. The molecule has 2 aromatic rings. The summed E-state index contributed by atoms with van der Waals surface area (Å²) in [5.41, 5.74) is 9.25. The van der Waals surface area contributed by atoms with Crippen molar-refractivity contribution in [2.24, 2.45) is 5.73 Å². The molecule has 0 aromatic heterocycles. The minimum atomic E-state index is -1.29. The first kappa shape index (κ1) is 26.3. The molecular weight excluding hydrogens is 412 g/mol. The summed E-state index contributed by atoms with van der Waals surface area (Å²) >= 11 is 0. The Morgan fingerprint density at radius 2 is 1.72 bits per heavy atom. The van der Waals surface area contributed by atoms with Gasteiger partial charge in [0, 0.05) is 23.2 Å². The van der Waals surface area contributed by atoms with E-state index >= 15 is 0 Å². The lowest BCUT2D eigenvalue weighted by molar-refractivity contribution is -0.133. The van der Waals surface area contributed by atoms with Gasteiger partial charge in [-0.1, -0.05) is 31.4 Å². The predicted molar refractivity (Wildman–Crippen MR) is 119 cm³/mol. The summed E-state index contributed by atoms with van der Waals surface area (Å²) in [4.78, 5) is 35.1. The number of amides is 3. The molecule has 2 atom stereocenters. The maximum Gasteiger partial charge on any atom is 0.268 e. The molecule has 0 fully saturated rings. The Labute approximate surface area is 187 Å². The minimum Gasteiger partial charge on any atom is -0.391 e. The third-order valence-corrected chi connectivity index (χ3v) is 4.26. The van der Waals surface area contributed by atoms with E-state index in [2.05, 4.69) is 22.5 Å². The third kappa shape index (κ3) is 7.85. The van der Waals surface area contributed by atoms with Gasteiger partial charge in [0.05, 0.1) is 12.6 Å². The van der Waals surface area contributed by atoms with Crippen LogP contribution < -0.4 is 21.8 Å². The number of nitrogens with two attached hydrogens (primary N) is 1. The quantitative estimate of drug-likeness (QED) is 0.207. The van der Waals surface area contributed by atoms with Crippen LogP contribution in [0.4, 0.5) is 0 Å². The van der Waals surface area contributed by atoms with Crippen molar-refractivity contribution in [3.05, 3.63) is 70.8 Å². The zero-order chi connectivity index (χ0) is 22.8. The lowest BCUT2D eigenvalue weighted by atomic mass is 10.1. The van der Waals surface area contributed by atoms with E-state index in [1.54, 1.807) is 12.1 Å². The lowest BCUT2D eigenvalue weighted by Gasteiger charge is -2.19. The van der Waals surface area contributed by atoms with Crippen molar-refractivity contribution in [2.45, 2.75) is 33.0 Å². The molecule has 170 valence electrons. The van der Waals surface area contributed by atoms with Crippen LogP contribution in [-0.4, -0.2) is 46.7 Å². The van der Waals surface area contributed by atoms with Crippen molar-refractivity contribution in [3.8, 4) is 11.8 Å². The number of benzene rings is 2. The first-order valence-corrected chi connectivity index (χ1v) is 9.44. The van der Waals surface area contributed by atoms with Gasteiger partial charge in [-0.3, -0.25) is 19.6 Å². The van der Waals surface area contributed by atoms with Gasteiger partial charge in [0.25, 0.3) is 11.8 Å². The summed E-state index contributed by atoms with van der Waals surface area (Å²) in [5, 5.41) is 23.4. The molecule has 0 saturated heterocycles. The molecule has 0 saturated carbocycles. The number of hydrogen-bond acceptors (Lipinski definition) is 6. The summed E-state index contributed by atoms with van der Waals surface area (Å²) < 4.78 is 0. The highest BCUT2D eigenvalue weighted by atomic mass is 16.5. The van der Waals surface area contributed by atoms with Gasteiger partial charge in [-0.15, -0.1) is 0 Å². The molecule has 0 heterocycles. The number of nitrogens with one attached hydrogen (secondary N) is 3. The van der Waals surface area contributed by atoms with Crippen LogP contribution in [0.5, 0.6) is 0 Å². The van der Waals surface area contributed by atoms with Gasteiger partial charge < -0.3 is 21.5 Å². The Morgan fingerprint density at radius 1 is 1.06 bits per heavy atom. The predicted octanol–water partition coefficient (Wildman–Crippen LogP) is 0.282. The zero-order valence-electron chi connectivity index (χ0n) is 16.9. The summed E-state index contributed by atoms with van der Waals surface area (Å²) in [7, 11) is 0. The number of carbonyl (C=O) groups excluding carboxylic acids is 3. The van der Waals surface area contributed by atoms with Crippen LogP contribution in [0.1, 0.15) is 41.4 Å². The van der Waals surface area contributed by atoms with Gasteiger partial charge in [0.1, 0.15) is 6.04 Å². The Morgan fingerprint density at radius 3 is 2.31 bits per heavy atom. The second kappa shape index (κ2) is 12.9. The second-order valence-corrected chi connectivity index (χ2v) is 6.68. The molecule has 3 amide bonds. The van der Waals surface area contributed by atoms with E-state index in [9.17, 15) is 19.5 Å². The Bertz CT molecular complexity index is 993. The molecule has 0 aliphatic carbocycles. The minimum absolute atomic E-state index is 0. The van der Waals surface area contributed by atoms with Gasteiger partial charge in [0.2, 0.25) is 5.91 Å². The van der Waals surface area contributed by atoms with Crippen molar-refractivity contribution < 1.29 is 24.7 Å². The topological polar surface area (TPSA) is 154 Å². The molecular formula is C23H28N4O5. The number of aliphatic hydroxyl groups is 1. The average Bonchev–Trinajstić information content (AvgIpc) is 2.79. The maximum atomic E-state index is 12.3. The van der Waals surface area contributed by atoms with E-state index in [0.29, 0.717) is 12.1 Å². The van der Waals surface area contributed by atoms with Crippen molar-refractivity contribution in [1.29, 1.82) is 0 Å². The molecule has 7 N–H and O–H groups in total.